The van der Waals surface area contributed by atoms with Crippen LogP contribution in [0.3, 0.4) is 0 Å². The smallest absolute Gasteiger partial charge is 0.470 e. The Morgan fingerprint density at radius 2 is 0.980 bits per heavy atom. The van der Waals surface area contributed by atoms with Crippen molar-refractivity contribution in [2.24, 2.45) is 0 Å². The number of halogens is 6. The lowest BCUT2D eigenvalue weighted by Gasteiger charge is -2.29. The molecule has 1 heterocycles. The Morgan fingerprint density at radius 3 is 1.06 bits per heavy atom. The first-order chi connectivity index (χ1) is 21.3. The molecule has 1 aliphatic heterocycles. The summed E-state index contributed by atoms with van der Waals surface area (Å²) in [6, 6.07) is 2.79. The Labute approximate surface area is 282 Å². The number of hydrogen-bond acceptors (Lipinski definition) is 19. The van der Waals surface area contributed by atoms with Crippen molar-refractivity contribution < 1.29 is 98.2 Å². The van der Waals surface area contributed by atoms with E-state index >= 15 is 0 Å². The number of nitriles is 2. The van der Waals surface area contributed by atoms with E-state index in [0.29, 0.717) is 18.8 Å². The zero-order chi connectivity index (χ0) is 41.8. The van der Waals surface area contributed by atoms with Crippen molar-refractivity contribution in [1.82, 2.24) is 0 Å². The molecular weight excluding hydrogens is 881 g/mol. The molecule has 296 valence electrons. The maximum atomic E-state index is 12.0. The second kappa shape index (κ2) is 18.8. The van der Waals surface area contributed by atoms with Gasteiger partial charge in [0.05, 0.1) is 64.0 Å². The molecule has 0 aromatic rings. The molecule has 0 aliphatic carbocycles. The minimum Gasteiger partial charge on any atom is -0.762 e. The van der Waals surface area contributed by atoms with Crippen molar-refractivity contribution >= 4 is 85.6 Å². The van der Waals surface area contributed by atoms with Crippen molar-refractivity contribution in [2.75, 3.05) is 36.5 Å². The number of hydrogen-bond donors (Lipinski definition) is 0. The van der Waals surface area contributed by atoms with Crippen molar-refractivity contribution in [3.63, 3.8) is 0 Å². The van der Waals surface area contributed by atoms with Crippen LogP contribution in [-0.4, -0.2) is 125 Å². The molecule has 1 rings (SSSR count). The summed E-state index contributed by atoms with van der Waals surface area (Å²) in [7, 11) is -39.0. The lowest BCUT2D eigenvalue weighted by atomic mass is 10.4. The highest BCUT2D eigenvalue weighted by atomic mass is 32.3. The quantitative estimate of drug-likeness (QED) is 0.0986. The van der Waals surface area contributed by atoms with Crippen LogP contribution in [0.15, 0.2) is 5.57 Å². The highest BCUT2D eigenvalue weighted by Gasteiger charge is 2.57. The molecule has 0 bridgehead atoms. The van der Waals surface area contributed by atoms with Crippen LogP contribution in [0.4, 0.5) is 26.3 Å². The molecule has 1 aliphatic rings. The molecule has 0 N–H and O–H groups in total. The number of nitrogens with zero attached hydrogens (tertiary/aromatic N) is 5. The van der Waals surface area contributed by atoms with Gasteiger partial charge in [-0.15, -0.1) is 0 Å². The first-order valence-electron chi connectivity index (χ1n) is 10.3. The molecular formula is C14H18F6N5O17S8-5. The van der Waals surface area contributed by atoms with E-state index in [1.54, 1.807) is 0 Å². The summed E-state index contributed by atoms with van der Waals surface area (Å²) in [6.07, 6.45) is 1.79. The fraction of sp³-hybridized carbons (Fsp3) is 0.643. The Balaban J connectivity index is -0.000000288. The number of sulfonamides is 4. The molecule has 0 saturated carbocycles. The maximum absolute atomic E-state index is 12.0. The molecule has 0 aromatic carbocycles. The zero-order valence-corrected chi connectivity index (χ0v) is 30.9. The summed E-state index contributed by atoms with van der Waals surface area (Å²) in [4.78, 5) is 0. The first-order valence-corrected chi connectivity index (χ1v) is 23.9. The first kappa shape index (κ1) is 54.3. The van der Waals surface area contributed by atoms with Crippen LogP contribution in [0, 0.1) is 26.6 Å². The van der Waals surface area contributed by atoms with Gasteiger partial charge in [-0.3, -0.25) is 25.3 Å². The van der Waals surface area contributed by atoms with Gasteiger partial charge in [0.25, 0.3) is 0 Å². The normalized spacial score (nSPS) is 16.2. The molecule has 1 fully saturated rings. The number of sulfone groups is 3. The van der Waals surface area contributed by atoms with E-state index in [-0.39, 0.29) is 17.9 Å². The highest BCUT2D eigenvalue weighted by Crippen LogP contribution is 2.43. The molecule has 0 spiro atoms. The van der Waals surface area contributed by atoms with E-state index in [4.69, 9.17) is 28.9 Å². The Hall–Kier alpha value is -2.51. The van der Waals surface area contributed by atoms with Gasteiger partial charge in [0.15, 0.2) is 19.7 Å². The minimum absolute atomic E-state index is 0.147. The second-order valence-electron chi connectivity index (χ2n) is 7.88. The summed E-state index contributed by atoms with van der Waals surface area (Å²) >= 11 is 0. The molecule has 22 nitrogen and oxygen atoms in total. The van der Waals surface area contributed by atoms with Crippen molar-refractivity contribution in [3.8, 4) is 12.1 Å². The molecule has 36 heteroatoms. The predicted molar refractivity (Wildman–Crippen MR) is 155 cm³/mol. The van der Waals surface area contributed by atoms with E-state index in [1.165, 1.54) is 18.0 Å². The van der Waals surface area contributed by atoms with E-state index < -0.39 is 106 Å². The van der Waals surface area contributed by atoms with Crippen LogP contribution < -0.4 is 0 Å². The van der Waals surface area contributed by atoms with Crippen molar-refractivity contribution in [3.05, 3.63) is 23.2 Å². The van der Waals surface area contributed by atoms with E-state index in [9.17, 15) is 85.3 Å². The predicted octanol–water partition coefficient (Wildman–Crippen LogP) is -1.59. The van der Waals surface area contributed by atoms with Gasteiger partial charge >= 0.3 is 11.0 Å². The van der Waals surface area contributed by atoms with Gasteiger partial charge in [-0.2, -0.15) is 36.9 Å². The molecule has 0 amide bonds. The average molecular weight is 899 g/mol. The summed E-state index contributed by atoms with van der Waals surface area (Å²) in [5, 5.41) is 23.4. The fourth-order valence-electron chi connectivity index (χ4n) is 1.72. The Bertz CT molecular complexity index is 2120. The zero-order valence-electron chi connectivity index (χ0n) is 24.3. The van der Waals surface area contributed by atoms with E-state index in [2.05, 4.69) is 8.25 Å². The molecule has 0 atom stereocenters. The van der Waals surface area contributed by atoms with Gasteiger partial charge in [0.2, 0.25) is 0 Å². The lowest BCUT2D eigenvalue weighted by molar-refractivity contribution is -0.0449. The van der Waals surface area contributed by atoms with Crippen LogP contribution >= 0.6 is 0 Å². The Kier molecular flexibility index (Phi) is 20.4. The number of allylic oxidation sites excluding steroid dienone is 1. The third kappa shape index (κ3) is 25.4. The average Bonchev–Trinajstić information content (AvgIpc) is 2.73. The second-order valence-corrected chi connectivity index (χ2v) is 23.0. The van der Waals surface area contributed by atoms with Gasteiger partial charge in [0, 0.05) is 36.5 Å². The van der Waals surface area contributed by atoms with Gasteiger partial charge < -0.3 is 18.2 Å². The van der Waals surface area contributed by atoms with E-state index in [1.807, 2.05) is 0 Å². The number of alkyl halides is 6. The van der Waals surface area contributed by atoms with Crippen molar-refractivity contribution in [1.29, 1.82) is 10.5 Å². The largest absolute Gasteiger partial charge is 0.762 e. The van der Waals surface area contributed by atoms with Gasteiger partial charge in [-0.1, -0.05) is 0 Å². The standard InChI is InChI=1S/C4H3F6O6S3.C4N3.C3H6NO4S2.C2H6NO4S2.CH4O3S/c1-17(11,12)2(18(13,14)3(5,6)7)19(15,16)4(8,9)10;5-1-4(2-6)3-7;5-9(6)2-1-3-10(7,8)4-9;1-8(4,5)3-9(2,6)7;1-5(2,3)4/h1H3;;1-3H2;1-2H3;1H3,(H,2,3,4)/q4*-1;/p-1. The highest BCUT2D eigenvalue weighted by molar-refractivity contribution is 8.29. The summed E-state index contributed by atoms with van der Waals surface area (Å²) < 4.78 is 248. The lowest BCUT2D eigenvalue weighted by Crippen LogP contribution is -2.42. The maximum Gasteiger partial charge on any atom is 0.470 e. The summed E-state index contributed by atoms with van der Waals surface area (Å²) in [5.41, 5.74) is -13.5. The molecule has 0 unspecified atom stereocenters. The van der Waals surface area contributed by atoms with Gasteiger partial charge in [-0.25, -0.2) is 48.0 Å². The third-order valence-corrected chi connectivity index (χ3v) is 15.7. The summed E-state index contributed by atoms with van der Waals surface area (Å²) in [5.74, 6) is 1.10. The van der Waals surface area contributed by atoms with Crippen LogP contribution in [0.25, 0.3) is 13.7 Å². The van der Waals surface area contributed by atoms with Crippen LogP contribution in [0.5, 0.6) is 0 Å². The topological polar surface area (TPSA) is 394 Å². The Morgan fingerprint density at radius 1 is 0.720 bits per heavy atom. The van der Waals surface area contributed by atoms with Gasteiger partial charge in [-0.05, 0) is 6.42 Å². The molecule has 0 radical (unpaired) electrons. The summed E-state index contributed by atoms with van der Waals surface area (Å²) in [6.45, 7) is 0. The van der Waals surface area contributed by atoms with E-state index in [0.717, 1.165) is 0 Å². The molecule has 1 saturated heterocycles. The van der Waals surface area contributed by atoms with Crippen LogP contribution in [0.1, 0.15) is 6.42 Å². The number of rotatable bonds is 5. The SMILES string of the molecule is CS(=O)(=O)[C-](S(=O)(=O)C(F)(F)F)S(=O)(=O)C(F)(F)F.CS(=O)(=O)[N-]S(C)(=O)=O.CS(=O)(=O)[O-].N#CC(=C=[N-])C#N.O=S1(=O)CCCS(=O)(=O)[N-]1. The van der Waals surface area contributed by atoms with Crippen LogP contribution in [-0.2, 0) is 79.7 Å². The monoisotopic (exact) mass is 898 g/mol. The molecule has 50 heavy (non-hydrogen) atoms. The van der Waals surface area contributed by atoms with Crippen molar-refractivity contribution in [2.45, 2.75) is 17.4 Å². The van der Waals surface area contributed by atoms with Gasteiger partial charge in [0.1, 0.15) is 17.7 Å². The minimum atomic E-state index is -7.22. The fourth-order valence-corrected chi connectivity index (χ4v) is 12.7. The molecule has 0 aromatic heterocycles. The third-order valence-electron chi connectivity index (χ3n) is 2.99. The van der Waals surface area contributed by atoms with Crippen LogP contribution in [0.2, 0.25) is 0 Å².